The first-order chi connectivity index (χ1) is 10.1. The van der Waals surface area contributed by atoms with Gasteiger partial charge in [-0.1, -0.05) is 6.92 Å². The van der Waals surface area contributed by atoms with E-state index >= 15 is 0 Å². The summed E-state index contributed by atoms with van der Waals surface area (Å²) in [6.07, 6.45) is 0.888. The van der Waals surface area contributed by atoms with Crippen molar-refractivity contribution in [3.63, 3.8) is 0 Å². The third-order valence-corrected chi connectivity index (χ3v) is 4.20. The molecule has 3 rings (SSSR count). The summed E-state index contributed by atoms with van der Waals surface area (Å²) in [6.45, 7) is 5.40. The number of hydrogen-bond acceptors (Lipinski definition) is 3. The molecule has 0 atom stereocenters. The Balaban J connectivity index is 2.09. The SMILES string of the molecule is CCc1cc(Cn2c(=O)oc3ccc(I)cc32)n(CC)n1. The van der Waals surface area contributed by atoms with Crippen molar-refractivity contribution in [2.75, 3.05) is 0 Å². The van der Waals surface area contributed by atoms with Crippen molar-refractivity contribution in [2.24, 2.45) is 0 Å². The molecule has 110 valence electrons. The summed E-state index contributed by atoms with van der Waals surface area (Å²) in [5, 5.41) is 4.52. The van der Waals surface area contributed by atoms with E-state index in [2.05, 4.69) is 47.6 Å². The van der Waals surface area contributed by atoms with Crippen molar-refractivity contribution in [3.05, 3.63) is 49.8 Å². The third-order valence-electron chi connectivity index (χ3n) is 3.53. The Hall–Kier alpha value is -1.57. The third kappa shape index (κ3) is 2.64. The highest BCUT2D eigenvalue weighted by Gasteiger charge is 2.13. The standard InChI is InChI=1S/C15H16IN3O2/c1-3-11-8-12(19(4-2)17-11)9-18-13-7-10(16)5-6-14(13)21-15(18)20/h5-8H,3-4,9H2,1-2H3. The minimum absolute atomic E-state index is 0.325. The first-order valence-corrected chi connectivity index (χ1v) is 8.04. The fourth-order valence-corrected chi connectivity index (χ4v) is 2.91. The Bertz CT molecular complexity index is 844. The minimum Gasteiger partial charge on any atom is -0.408 e. The molecular formula is C15H16IN3O2. The molecule has 21 heavy (non-hydrogen) atoms. The first kappa shape index (κ1) is 14.4. The van der Waals surface area contributed by atoms with Gasteiger partial charge >= 0.3 is 5.76 Å². The molecule has 1 aromatic carbocycles. The van der Waals surface area contributed by atoms with Crippen LogP contribution >= 0.6 is 22.6 Å². The summed E-state index contributed by atoms with van der Waals surface area (Å²) in [5.41, 5.74) is 3.52. The zero-order chi connectivity index (χ0) is 15.0. The molecule has 0 aliphatic heterocycles. The van der Waals surface area contributed by atoms with E-state index in [-0.39, 0.29) is 5.76 Å². The summed E-state index contributed by atoms with van der Waals surface area (Å²) in [4.78, 5) is 12.1. The van der Waals surface area contributed by atoms with Crippen molar-refractivity contribution in [2.45, 2.75) is 33.4 Å². The number of aryl methyl sites for hydroxylation is 2. The van der Waals surface area contributed by atoms with Crippen molar-refractivity contribution in [3.8, 4) is 0 Å². The molecule has 0 N–H and O–H groups in total. The zero-order valence-corrected chi connectivity index (χ0v) is 14.1. The van der Waals surface area contributed by atoms with E-state index in [0.29, 0.717) is 12.1 Å². The zero-order valence-electron chi connectivity index (χ0n) is 12.0. The Morgan fingerprint density at radius 3 is 2.81 bits per heavy atom. The Kier molecular flexibility index (Phi) is 3.88. The van der Waals surface area contributed by atoms with Crippen molar-refractivity contribution in [1.29, 1.82) is 0 Å². The van der Waals surface area contributed by atoms with Gasteiger partial charge in [0.15, 0.2) is 5.58 Å². The van der Waals surface area contributed by atoms with E-state index in [1.165, 1.54) is 0 Å². The number of oxazole rings is 1. The average Bonchev–Trinajstić information content (AvgIpc) is 3.01. The quantitative estimate of drug-likeness (QED) is 0.636. The van der Waals surface area contributed by atoms with E-state index in [1.807, 2.05) is 22.9 Å². The summed E-state index contributed by atoms with van der Waals surface area (Å²) >= 11 is 2.23. The monoisotopic (exact) mass is 397 g/mol. The number of rotatable bonds is 4. The van der Waals surface area contributed by atoms with Gasteiger partial charge < -0.3 is 4.42 Å². The van der Waals surface area contributed by atoms with Gasteiger partial charge in [-0.15, -0.1) is 0 Å². The number of nitrogens with zero attached hydrogens (tertiary/aromatic N) is 3. The van der Waals surface area contributed by atoms with Crippen LogP contribution in [0.3, 0.4) is 0 Å². The highest BCUT2D eigenvalue weighted by atomic mass is 127. The summed E-state index contributed by atoms with van der Waals surface area (Å²) < 4.78 is 9.99. The van der Waals surface area contributed by atoms with Crippen molar-refractivity contribution in [1.82, 2.24) is 14.3 Å². The lowest BCUT2D eigenvalue weighted by molar-refractivity contribution is 0.507. The second kappa shape index (κ2) is 5.67. The lowest BCUT2D eigenvalue weighted by Crippen LogP contribution is -2.17. The molecule has 0 saturated carbocycles. The Morgan fingerprint density at radius 2 is 2.10 bits per heavy atom. The molecule has 0 bridgehead atoms. The molecular weight excluding hydrogens is 381 g/mol. The van der Waals surface area contributed by atoms with E-state index in [9.17, 15) is 4.79 Å². The molecule has 0 unspecified atom stereocenters. The lowest BCUT2D eigenvalue weighted by atomic mass is 10.3. The van der Waals surface area contributed by atoms with Crippen LogP contribution in [0.25, 0.3) is 11.1 Å². The van der Waals surface area contributed by atoms with Gasteiger partial charge in [0.1, 0.15) is 0 Å². The van der Waals surface area contributed by atoms with Gasteiger partial charge in [0, 0.05) is 10.1 Å². The van der Waals surface area contributed by atoms with Crippen LogP contribution in [-0.2, 0) is 19.5 Å². The largest absolute Gasteiger partial charge is 0.420 e. The van der Waals surface area contributed by atoms with Crippen molar-refractivity contribution >= 4 is 33.7 Å². The van der Waals surface area contributed by atoms with E-state index in [4.69, 9.17) is 4.42 Å². The fraction of sp³-hybridized carbons (Fsp3) is 0.333. The molecule has 0 radical (unpaired) electrons. The van der Waals surface area contributed by atoms with Gasteiger partial charge in [-0.3, -0.25) is 9.25 Å². The molecule has 2 aromatic heterocycles. The van der Waals surface area contributed by atoms with Crippen LogP contribution in [0.15, 0.2) is 33.5 Å². The maximum absolute atomic E-state index is 12.1. The Morgan fingerprint density at radius 1 is 1.29 bits per heavy atom. The molecule has 0 spiro atoms. The number of fused-ring (bicyclic) bond motifs is 1. The molecule has 0 aliphatic rings. The van der Waals surface area contributed by atoms with Gasteiger partial charge in [0.2, 0.25) is 0 Å². The second-order valence-corrected chi connectivity index (χ2v) is 6.11. The number of aromatic nitrogens is 3. The molecule has 0 amide bonds. The topological polar surface area (TPSA) is 53.0 Å². The van der Waals surface area contributed by atoms with Crippen LogP contribution in [0, 0.1) is 3.57 Å². The smallest absolute Gasteiger partial charge is 0.408 e. The van der Waals surface area contributed by atoms with Crippen molar-refractivity contribution < 1.29 is 4.42 Å². The molecule has 0 saturated heterocycles. The average molecular weight is 397 g/mol. The van der Waals surface area contributed by atoms with Crippen LogP contribution in [0.5, 0.6) is 0 Å². The van der Waals surface area contributed by atoms with E-state index in [0.717, 1.165) is 33.4 Å². The predicted molar refractivity (Wildman–Crippen MR) is 89.6 cm³/mol. The number of hydrogen-bond donors (Lipinski definition) is 0. The van der Waals surface area contributed by atoms with Gasteiger partial charge in [0.25, 0.3) is 0 Å². The molecule has 2 heterocycles. The van der Waals surface area contributed by atoms with Crippen LogP contribution in [0.4, 0.5) is 0 Å². The molecule has 0 aliphatic carbocycles. The maximum Gasteiger partial charge on any atom is 0.420 e. The van der Waals surface area contributed by atoms with E-state index < -0.39 is 0 Å². The minimum atomic E-state index is -0.325. The van der Waals surface area contributed by atoms with Gasteiger partial charge in [0.05, 0.1) is 23.4 Å². The van der Waals surface area contributed by atoms with Crippen LogP contribution in [0.1, 0.15) is 25.2 Å². The highest BCUT2D eigenvalue weighted by Crippen LogP contribution is 2.18. The van der Waals surface area contributed by atoms with E-state index in [1.54, 1.807) is 4.57 Å². The van der Waals surface area contributed by atoms with Crippen LogP contribution in [0.2, 0.25) is 0 Å². The van der Waals surface area contributed by atoms with Gasteiger partial charge in [-0.2, -0.15) is 5.10 Å². The van der Waals surface area contributed by atoms with Gasteiger partial charge in [-0.25, -0.2) is 4.79 Å². The number of benzene rings is 1. The Labute approximate surface area is 135 Å². The molecule has 6 heteroatoms. The number of halogens is 1. The molecule has 3 aromatic rings. The first-order valence-electron chi connectivity index (χ1n) is 6.96. The summed E-state index contributed by atoms with van der Waals surface area (Å²) in [6, 6.07) is 7.79. The normalized spacial score (nSPS) is 11.4. The predicted octanol–water partition coefficient (Wildman–Crippen LogP) is 3.03. The fourth-order valence-electron chi connectivity index (χ4n) is 2.44. The maximum atomic E-state index is 12.1. The molecule has 5 nitrogen and oxygen atoms in total. The highest BCUT2D eigenvalue weighted by molar-refractivity contribution is 14.1. The van der Waals surface area contributed by atoms with Crippen LogP contribution < -0.4 is 5.76 Å². The summed E-state index contributed by atoms with van der Waals surface area (Å²) in [5.74, 6) is -0.325. The lowest BCUT2D eigenvalue weighted by Gasteiger charge is -2.05. The van der Waals surface area contributed by atoms with Gasteiger partial charge in [-0.05, 0) is 60.2 Å². The second-order valence-electron chi connectivity index (χ2n) is 4.86. The molecule has 0 fully saturated rings. The summed E-state index contributed by atoms with van der Waals surface area (Å²) in [7, 11) is 0. The van der Waals surface area contributed by atoms with Crippen LogP contribution in [-0.4, -0.2) is 14.3 Å².